The summed E-state index contributed by atoms with van der Waals surface area (Å²) in [6, 6.07) is 21.2. The molecule has 0 spiro atoms. The SMILES string of the molecule is CC(CCc1ccccc1)OCCCc1ccccc1. The zero-order valence-electron chi connectivity index (χ0n) is 12.3. The van der Waals surface area contributed by atoms with Gasteiger partial charge < -0.3 is 4.74 Å². The van der Waals surface area contributed by atoms with Crippen LogP contribution >= 0.6 is 0 Å². The second kappa shape index (κ2) is 8.55. The Balaban J connectivity index is 1.57. The van der Waals surface area contributed by atoms with Crippen LogP contribution in [-0.4, -0.2) is 12.7 Å². The smallest absolute Gasteiger partial charge is 0.0550 e. The van der Waals surface area contributed by atoms with Gasteiger partial charge in [0, 0.05) is 6.61 Å². The normalized spacial score (nSPS) is 12.2. The highest BCUT2D eigenvalue weighted by Crippen LogP contribution is 2.08. The average Bonchev–Trinajstić information content (AvgIpc) is 2.52. The van der Waals surface area contributed by atoms with E-state index in [-0.39, 0.29) is 0 Å². The summed E-state index contributed by atoms with van der Waals surface area (Å²) in [6.45, 7) is 3.02. The van der Waals surface area contributed by atoms with Gasteiger partial charge in [0.1, 0.15) is 0 Å². The lowest BCUT2D eigenvalue weighted by molar-refractivity contribution is 0.0590. The molecule has 0 N–H and O–H groups in total. The Kier molecular flexibility index (Phi) is 6.33. The van der Waals surface area contributed by atoms with Gasteiger partial charge >= 0.3 is 0 Å². The molecular formula is C19H24O. The number of hydrogen-bond acceptors (Lipinski definition) is 1. The van der Waals surface area contributed by atoms with Gasteiger partial charge in [-0.1, -0.05) is 60.7 Å². The maximum atomic E-state index is 5.89. The van der Waals surface area contributed by atoms with Crippen LogP contribution in [0.1, 0.15) is 30.9 Å². The Bertz CT molecular complexity index is 464. The van der Waals surface area contributed by atoms with E-state index in [1.165, 1.54) is 11.1 Å². The molecule has 20 heavy (non-hydrogen) atoms. The second-order valence-corrected chi connectivity index (χ2v) is 5.29. The van der Waals surface area contributed by atoms with E-state index >= 15 is 0 Å². The van der Waals surface area contributed by atoms with Crippen LogP contribution in [-0.2, 0) is 17.6 Å². The van der Waals surface area contributed by atoms with Crippen LogP contribution in [0.3, 0.4) is 0 Å². The Morgan fingerprint density at radius 3 is 1.95 bits per heavy atom. The lowest BCUT2D eigenvalue weighted by atomic mass is 10.1. The Morgan fingerprint density at radius 2 is 1.35 bits per heavy atom. The van der Waals surface area contributed by atoms with Crippen molar-refractivity contribution in [3.8, 4) is 0 Å². The maximum absolute atomic E-state index is 5.89. The summed E-state index contributed by atoms with van der Waals surface area (Å²) in [7, 11) is 0. The van der Waals surface area contributed by atoms with Gasteiger partial charge in [0.2, 0.25) is 0 Å². The van der Waals surface area contributed by atoms with Crippen LogP contribution in [0.25, 0.3) is 0 Å². The van der Waals surface area contributed by atoms with Gasteiger partial charge in [-0.05, 0) is 43.7 Å². The molecule has 1 unspecified atom stereocenters. The zero-order chi connectivity index (χ0) is 14.0. The largest absolute Gasteiger partial charge is 0.378 e. The number of hydrogen-bond donors (Lipinski definition) is 0. The molecule has 0 aliphatic heterocycles. The van der Waals surface area contributed by atoms with E-state index in [0.717, 1.165) is 32.3 Å². The van der Waals surface area contributed by atoms with Gasteiger partial charge in [0.05, 0.1) is 6.10 Å². The van der Waals surface area contributed by atoms with Crippen molar-refractivity contribution in [2.75, 3.05) is 6.61 Å². The molecule has 0 aromatic heterocycles. The summed E-state index contributed by atoms with van der Waals surface area (Å²) in [4.78, 5) is 0. The van der Waals surface area contributed by atoms with Gasteiger partial charge in [-0.15, -0.1) is 0 Å². The molecule has 0 heterocycles. The van der Waals surface area contributed by atoms with E-state index in [1.807, 2.05) is 0 Å². The van der Waals surface area contributed by atoms with E-state index in [1.54, 1.807) is 0 Å². The number of benzene rings is 2. The van der Waals surface area contributed by atoms with Crippen LogP contribution < -0.4 is 0 Å². The first kappa shape index (κ1) is 14.8. The van der Waals surface area contributed by atoms with Gasteiger partial charge in [-0.2, -0.15) is 0 Å². The minimum atomic E-state index is 0.339. The third-order valence-corrected chi connectivity index (χ3v) is 3.54. The van der Waals surface area contributed by atoms with Crippen molar-refractivity contribution in [3.63, 3.8) is 0 Å². The molecule has 2 aromatic rings. The first-order valence-corrected chi connectivity index (χ1v) is 7.54. The lowest BCUT2D eigenvalue weighted by Crippen LogP contribution is -2.11. The first-order chi connectivity index (χ1) is 9.84. The van der Waals surface area contributed by atoms with Gasteiger partial charge in [0.15, 0.2) is 0 Å². The summed E-state index contributed by atoms with van der Waals surface area (Å²) in [5.41, 5.74) is 2.79. The molecule has 0 bridgehead atoms. The number of ether oxygens (including phenoxy) is 1. The van der Waals surface area contributed by atoms with E-state index in [4.69, 9.17) is 4.74 Å². The van der Waals surface area contributed by atoms with Crippen LogP contribution in [0.2, 0.25) is 0 Å². The highest BCUT2D eigenvalue weighted by atomic mass is 16.5. The summed E-state index contributed by atoms with van der Waals surface area (Å²) in [5, 5.41) is 0. The Hall–Kier alpha value is -1.60. The quantitative estimate of drug-likeness (QED) is 0.633. The van der Waals surface area contributed by atoms with Gasteiger partial charge in [0.25, 0.3) is 0 Å². The Morgan fingerprint density at radius 1 is 0.800 bits per heavy atom. The van der Waals surface area contributed by atoms with Crippen molar-refractivity contribution >= 4 is 0 Å². The van der Waals surface area contributed by atoms with Crippen LogP contribution in [0.5, 0.6) is 0 Å². The molecule has 1 heteroatoms. The molecule has 0 aliphatic rings. The highest BCUT2D eigenvalue weighted by molar-refractivity contribution is 5.15. The summed E-state index contributed by atoms with van der Waals surface area (Å²) < 4.78 is 5.89. The van der Waals surface area contributed by atoms with Gasteiger partial charge in [-0.25, -0.2) is 0 Å². The topological polar surface area (TPSA) is 9.23 Å². The Labute approximate surface area is 122 Å². The lowest BCUT2D eigenvalue weighted by Gasteiger charge is -2.13. The van der Waals surface area contributed by atoms with Crippen LogP contribution in [0.15, 0.2) is 60.7 Å². The summed E-state index contributed by atoms with van der Waals surface area (Å²) >= 11 is 0. The third kappa shape index (κ3) is 5.58. The first-order valence-electron chi connectivity index (χ1n) is 7.54. The molecular weight excluding hydrogens is 244 g/mol. The molecule has 106 valence electrons. The van der Waals surface area contributed by atoms with Crippen molar-refractivity contribution in [1.82, 2.24) is 0 Å². The van der Waals surface area contributed by atoms with Crippen molar-refractivity contribution < 1.29 is 4.74 Å². The minimum absolute atomic E-state index is 0.339. The third-order valence-electron chi connectivity index (χ3n) is 3.54. The molecule has 0 fully saturated rings. The molecule has 0 saturated heterocycles. The number of aryl methyl sites for hydroxylation is 2. The van der Waals surface area contributed by atoms with Crippen molar-refractivity contribution in [3.05, 3.63) is 71.8 Å². The van der Waals surface area contributed by atoms with Crippen molar-refractivity contribution in [2.45, 2.75) is 38.7 Å². The standard InChI is InChI=1S/C19H24O/c1-17(14-15-19-11-6-3-7-12-19)20-16-8-13-18-9-4-2-5-10-18/h2-7,9-12,17H,8,13-16H2,1H3. The highest BCUT2D eigenvalue weighted by Gasteiger charge is 2.03. The van der Waals surface area contributed by atoms with Crippen LogP contribution in [0.4, 0.5) is 0 Å². The predicted octanol–water partition coefficient (Wildman–Crippen LogP) is 4.66. The summed E-state index contributed by atoms with van der Waals surface area (Å²) in [6.07, 6.45) is 4.73. The van der Waals surface area contributed by atoms with Gasteiger partial charge in [-0.3, -0.25) is 0 Å². The average molecular weight is 268 g/mol. The molecule has 2 aromatic carbocycles. The van der Waals surface area contributed by atoms with Crippen LogP contribution in [0, 0.1) is 0 Å². The second-order valence-electron chi connectivity index (χ2n) is 5.29. The molecule has 2 rings (SSSR count). The fourth-order valence-corrected chi connectivity index (χ4v) is 2.30. The molecule has 0 amide bonds. The maximum Gasteiger partial charge on any atom is 0.0550 e. The minimum Gasteiger partial charge on any atom is -0.378 e. The molecule has 1 atom stereocenters. The molecule has 0 aliphatic carbocycles. The molecule has 0 radical (unpaired) electrons. The fourth-order valence-electron chi connectivity index (χ4n) is 2.30. The predicted molar refractivity (Wildman–Crippen MR) is 84.9 cm³/mol. The van der Waals surface area contributed by atoms with Crippen molar-refractivity contribution in [1.29, 1.82) is 0 Å². The van der Waals surface area contributed by atoms with E-state index in [0.29, 0.717) is 6.10 Å². The van der Waals surface area contributed by atoms with E-state index < -0.39 is 0 Å². The fraction of sp³-hybridized carbons (Fsp3) is 0.368. The molecule has 1 nitrogen and oxygen atoms in total. The monoisotopic (exact) mass is 268 g/mol. The summed E-state index contributed by atoms with van der Waals surface area (Å²) in [5.74, 6) is 0. The van der Waals surface area contributed by atoms with Crippen molar-refractivity contribution in [2.24, 2.45) is 0 Å². The van der Waals surface area contributed by atoms with E-state index in [2.05, 4.69) is 67.6 Å². The molecule has 0 saturated carbocycles. The number of rotatable bonds is 8. The zero-order valence-corrected chi connectivity index (χ0v) is 12.3. The van der Waals surface area contributed by atoms with E-state index in [9.17, 15) is 0 Å².